The number of aliphatic hydroxyl groups is 1. The zero-order chi connectivity index (χ0) is 12.7. The van der Waals surface area contributed by atoms with Crippen LogP contribution in [0.15, 0.2) is 0 Å². The fraction of sp³-hybridized carbons (Fsp3) is 1.00. The molecule has 17 heavy (non-hydrogen) atoms. The fourth-order valence-electron chi connectivity index (χ4n) is 2.52. The second kappa shape index (κ2) is 7.65. The summed E-state index contributed by atoms with van der Waals surface area (Å²) >= 11 is 2.07. The molecule has 2 N–H and O–H groups in total. The molecule has 0 amide bonds. The molecule has 0 aliphatic carbocycles. The van der Waals surface area contributed by atoms with Crippen LogP contribution in [0, 0.1) is 11.3 Å². The van der Waals surface area contributed by atoms with Crippen LogP contribution >= 0.6 is 11.8 Å². The molecule has 0 aromatic rings. The summed E-state index contributed by atoms with van der Waals surface area (Å²) in [6.07, 6.45) is 4.71. The average Bonchev–Trinajstić information content (AvgIpc) is 2.27. The van der Waals surface area contributed by atoms with Gasteiger partial charge in [0.25, 0.3) is 0 Å². The molecule has 0 spiro atoms. The van der Waals surface area contributed by atoms with Crippen LogP contribution in [0.3, 0.4) is 0 Å². The van der Waals surface area contributed by atoms with Crippen LogP contribution in [-0.4, -0.2) is 35.8 Å². The summed E-state index contributed by atoms with van der Waals surface area (Å²) in [7, 11) is 0. The lowest BCUT2D eigenvalue weighted by molar-refractivity contribution is 0.214. The Balaban J connectivity index is 2.36. The third-order valence-corrected chi connectivity index (χ3v) is 5.07. The van der Waals surface area contributed by atoms with Crippen molar-refractivity contribution >= 4 is 11.8 Å². The van der Waals surface area contributed by atoms with Crippen molar-refractivity contribution in [2.45, 2.75) is 52.5 Å². The van der Waals surface area contributed by atoms with E-state index >= 15 is 0 Å². The Labute approximate surface area is 111 Å². The third kappa shape index (κ3) is 5.19. The monoisotopic (exact) mass is 259 g/mol. The topological polar surface area (TPSA) is 32.3 Å². The van der Waals surface area contributed by atoms with Crippen molar-refractivity contribution in [1.82, 2.24) is 5.32 Å². The zero-order valence-electron chi connectivity index (χ0n) is 11.7. The van der Waals surface area contributed by atoms with Crippen molar-refractivity contribution in [1.29, 1.82) is 0 Å². The molecule has 1 aliphatic heterocycles. The Morgan fingerprint density at radius 2 is 2.18 bits per heavy atom. The zero-order valence-corrected chi connectivity index (χ0v) is 12.5. The predicted molar refractivity (Wildman–Crippen MR) is 77.6 cm³/mol. The van der Waals surface area contributed by atoms with Gasteiger partial charge >= 0.3 is 0 Å². The van der Waals surface area contributed by atoms with Gasteiger partial charge in [-0.2, -0.15) is 11.8 Å². The van der Waals surface area contributed by atoms with Crippen molar-refractivity contribution < 1.29 is 5.11 Å². The van der Waals surface area contributed by atoms with Crippen molar-refractivity contribution in [2.75, 3.05) is 24.7 Å². The quantitative estimate of drug-likeness (QED) is 0.737. The standard InChI is InChI=1S/C14H29NOS/c1-4-5-12(6-8-16)10-15-13-11-17-9-7-14(13,2)3/h12-13,15-16H,4-11H2,1-3H3. The Morgan fingerprint density at radius 3 is 2.76 bits per heavy atom. The van der Waals surface area contributed by atoms with E-state index in [1.165, 1.54) is 30.8 Å². The number of rotatable bonds is 7. The van der Waals surface area contributed by atoms with Gasteiger partial charge in [0.15, 0.2) is 0 Å². The highest BCUT2D eigenvalue weighted by molar-refractivity contribution is 7.99. The maximum atomic E-state index is 9.07. The second-order valence-electron chi connectivity index (χ2n) is 5.94. The van der Waals surface area contributed by atoms with Gasteiger partial charge in [0.2, 0.25) is 0 Å². The maximum absolute atomic E-state index is 9.07. The Bertz CT molecular complexity index is 202. The van der Waals surface area contributed by atoms with Crippen LogP contribution in [0.2, 0.25) is 0 Å². The van der Waals surface area contributed by atoms with E-state index in [0.29, 0.717) is 24.0 Å². The minimum atomic E-state index is 0.329. The number of hydrogen-bond donors (Lipinski definition) is 2. The summed E-state index contributed by atoms with van der Waals surface area (Å²) in [5, 5.41) is 12.8. The molecule has 0 radical (unpaired) electrons. The van der Waals surface area contributed by atoms with Gasteiger partial charge in [0, 0.05) is 18.4 Å². The third-order valence-electron chi connectivity index (χ3n) is 4.01. The predicted octanol–water partition coefficient (Wildman–Crippen LogP) is 2.91. The van der Waals surface area contributed by atoms with Crippen molar-refractivity contribution in [3.05, 3.63) is 0 Å². The Kier molecular flexibility index (Phi) is 6.90. The minimum Gasteiger partial charge on any atom is -0.396 e. The van der Waals surface area contributed by atoms with Gasteiger partial charge < -0.3 is 10.4 Å². The van der Waals surface area contributed by atoms with Gasteiger partial charge in [-0.15, -0.1) is 0 Å². The first kappa shape index (κ1) is 15.3. The number of thioether (sulfide) groups is 1. The van der Waals surface area contributed by atoms with Crippen LogP contribution < -0.4 is 5.32 Å². The molecule has 3 heteroatoms. The minimum absolute atomic E-state index is 0.329. The summed E-state index contributed by atoms with van der Waals surface area (Å²) in [6, 6.07) is 0.638. The van der Waals surface area contributed by atoms with Crippen molar-refractivity contribution in [3.8, 4) is 0 Å². The van der Waals surface area contributed by atoms with Crippen molar-refractivity contribution in [3.63, 3.8) is 0 Å². The summed E-state index contributed by atoms with van der Waals surface area (Å²) in [4.78, 5) is 0. The molecular weight excluding hydrogens is 230 g/mol. The lowest BCUT2D eigenvalue weighted by atomic mass is 9.82. The van der Waals surface area contributed by atoms with Crippen LogP contribution in [0.25, 0.3) is 0 Å². The molecule has 0 aromatic heterocycles. The van der Waals surface area contributed by atoms with E-state index in [1.807, 2.05) is 0 Å². The highest BCUT2D eigenvalue weighted by Gasteiger charge is 2.32. The van der Waals surface area contributed by atoms with E-state index in [1.54, 1.807) is 0 Å². The Hall–Kier alpha value is 0.270. The van der Waals surface area contributed by atoms with Crippen molar-refractivity contribution in [2.24, 2.45) is 11.3 Å². The molecule has 0 saturated carbocycles. The normalized spacial score (nSPS) is 25.8. The van der Waals surface area contributed by atoms with E-state index < -0.39 is 0 Å². The van der Waals surface area contributed by atoms with E-state index in [2.05, 4.69) is 37.8 Å². The SMILES string of the molecule is CCCC(CCO)CNC1CSCCC1(C)C. The molecule has 1 rings (SSSR count). The van der Waals surface area contributed by atoms with Crippen LogP contribution in [0.4, 0.5) is 0 Å². The van der Waals surface area contributed by atoms with Crippen LogP contribution in [-0.2, 0) is 0 Å². The molecule has 1 fully saturated rings. The lowest BCUT2D eigenvalue weighted by Crippen LogP contribution is -2.48. The summed E-state index contributed by atoms with van der Waals surface area (Å²) in [5.41, 5.74) is 0.432. The smallest absolute Gasteiger partial charge is 0.0434 e. The van der Waals surface area contributed by atoms with Crippen LogP contribution in [0.5, 0.6) is 0 Å². The van der Waals surface area contributed by atoms with E-state index in [0.717, 1.165) is 13.0 Å². The molecule has 1 saturated heterocycles. The number of aliphatic hydroxyl groups excluding tert-OH is 1. The van der Waals surface area contributed by atoms with Gasteiger partial charge in [-0.05, 0) is 42.9 Å². The molecule has 1 heterocycles. The highest BCUT2D eigenvalue weighted by Crippen LogP contribution is 2.34. The number of hydrogen-bond acceptors (Lipinski definition) is 3. The molecule has 2 atom stereocenters. The van der Waals surface area contributed by atoms with E-state index in [9.17, 15) is 0 Å². The molecule has 2 unspecified atom stereocenters. The van der Waals surface area contributed by atoms with Gasteiger partial charge in [-0.3, -0.25) is 0 Å². The Morgan fingerprint density at radius 1 is 1.41 bits per heavy atom. The van der Waals surface area contributed by atoms with Crippen LogP contribution in [0.1, 0.15) is 46.5 Å². The molecule has 102 valence electrons. The largest absolute Gasteiger partial charge is 0.396 e. The summed E-state index contributed by atoms with van der Waals surface area (Å²) in [5.74, 6) is 3.19. The summed E-state index contributed by atoms with van der Waals surface area (Å²) in [6.45, 7) is 8.39. The fourth-order valence-corrected chi connectivity index (χ4v) is 4.16. The molecule has 1 aliphatic rings. The maximum Gasteiger partial charge on any atom is 0.0434 e. The van der Waals surface area contributed by atoms with Gasteiger partial charge in [-0.25, -0.2) is 0 Å². The van der Waals surface area contributed by atoms with E-state index in [4.69, 9.17) is 5.11 Å². The van der Waals surface area contributed by atoms with E-state index in [-0.39, 0.29) is 0 Å². The lowest BCUT2D eigenvalue weighted by Gasteiger charge is -2.39. The first-order chi connectivity index (χ1) is 8.10. The summed E-state index contributed by atoms with van der Waals surface area (Å²) < 4.78 is 0. The molecule has 0 bridgehead atoms. The molecule has 0 aromatic carbocycles. The highest BCUT2D eigenvalue weighted by atomic mass is 32.2. The van der Waals surface area contributed by atoms with Gasteiger partial charge in [-0.1, -0.05) is 27.2 Å². The van der Waals surface area contributed by atoms with Gasteiger partial charge in [0.1, 0.15) is 0 Å². The average molecular weight is 259 g/mol. The number of nitrogens with one attached hydrogen (secondary N) is 1. The van der Waals surface area contributed by atoms with Gasteiger partial charge in [0.05, 0.1) is 0 Å². The molecule has 2 nitrogen and oxygen atoms in total. The first-order valence-electron chi connectivity index (χ1n) is 7.02. The second-order valence-corrected chi connectivity index (χ2v) is 7.09. The molecular formula is C14H29NOS. The first-order valence-corrected chi connectivity index (χ1v) is 8.17.